The second-order valence-corrected chi connectivity index (χ2v) is 14.1. The molecule has 1 saturated carbocycles. The van der Waals surface area contributed by atoms with Gasteiger partial charge in [0, 0.05) is 69.1 Å². The third-order valence-corrected chi connectivity index (χ3v) is 11.5. The number of alkyl halides is 1. The van der Waals surface area contributed by atoms with Crippen molar-refractivity contribution in [2.24, 2.45) is 30.5 Å². The minimum atomic E-state index is -0.818. The SMILES string of the molecule is CC1CCC2(Cc3nc(OCC45CCCN4CC(F)C5)nc(N4CC(c5nccn5C)C4)c3CO2)C2C(C#N)=C(N)C=CC12. The van der Waals surface area contributed by atoms with Crippen molar-refractivity contribution < 1.29 is 13.9 Å². The molecule has 4 fully saturated rings. The highest BCUT2D eigenvalue weighted by atomic mass is 19.1. The second-order valence-electron chi connectivity index (χ2n) is 14.1. The Morgan fingerprint density at radius 3 is 2.91 bits per heavy atom. The molecular weight excluding hydrogens is 559 g/mol. The number of hydrogen-bond acceptors (Lipinski definition) is 9. The second kappa shape index (κ2) is 10.3. The number of aromatic nitrogens is 4. The Morgan fingerprint density at radius 2 is 2.11 bits per heavy atom. The summed E-state index contributed by atoms with van der Waals surface area (Å²) in [5.74, 6) is 2.71. The fourth-order valence-corrected chi connectivity index (χ4v) is 9.13. The topological polar surface area (TPSA) is 118 Å². The van der Waals surface area contributed by atoms with Crippen LogP contribution < -0.4 is 15.4 Å². The summed E-state index contributed by atoms with van der Waals surface area (Å²) in [6.45, 7) is 6.00. The van der Waals surface area contributed by atoms with Gasteiger partial charge in [-0.15, -0.1) is 0 Å². The average molecular weight is 601 g/mol. The van der Waals surface area contributed by atoms with E-state index in [9.17, 15) is 9.65 Å². The van der Waals surface area contributed by atoms with Crippen LogP contribution in [0.5, 0.6) is 6.01 Å². The summed E-state index contributed by atoms with van der Waals surface area (Å²) in [6.07, 6.45) is 12.0. The van der Waals surface area contributed by atoms with Gasteiger partial charge in [0.2, 0.25) is 0 Å². The molecule has 2 N–H and O–H groups in total. The Morgan fingerprint density at radius 1 is 1.25 bits per heavy atom. The first-order valence-corrected chi connectivity index (χ1v) is 16.1. The van der Waals surface area contributed by atoms with Crippen molar-refractivity contribution in [1.82, 2.24) is 24.4 Å². The number of imidazole rings is 1. The molecule has 232 valence electrons. The smallest absolute Gasteiger partial charge is 0.318 e. The van der Waals surface area contributed by atoms with Crippen molar-refractivity contribution in [2.75, 3.05) is 37.7 Å². The van der Waals surface area contributed by atoms with Crippen LogP contribution in [0.4, 0.5) is 10.2 Å². The van der Waals surface area contributed by atoms with Gasteiger partial charge in [-0.3, -0.25) is 4.90 Å². The van der Waals surface area contributed by atoms with E-state index in [-0.39, 0.29) is 17.4 Å². The summed E-state index contributed by atoms with van der Waals surface area (Å²) in [7, 11) is 2.03. The monoisotopic (exact) mass is 600 g/mol. The summed E-state index contributed by atoms with van der Waals surface area (Å²) in [6, 6.07) is 2.79. The number of halogens is 1. The molecule has 8 rings (SSSR count). The van der Waals surface area contributed by atoms with Crippen LogP contribution in [-0.4, -0.2) is 74.5 Å². The molecule has 2 aromatic heterocycles. The standard InChI is InChI=1S/C33H41FN8O2/c1-20-6-8-33(28-23(20)4-5-26(36)24(28)14-35)13-27-25(18-44-33)30(41-15-21(16-41)29-37-9-11-40(29)2)39-31(38-27)43-19-32-7-3-10-42(32)17-22(34)12-32/h4-5,9,11,20-23,28H,3,6-8,10,12-13,15-19,36H2,1-2H3. The first-order chi connectivity index (χ1) is 21.3. The molecule has 44 heavy (non-hydrogen) atoms. The molecule has 10 nitrogen and oxygen atoms in total. The molecule has 6 aliphatic rings. The molecule has 0 amide bonds. The zero-order valence-electron chi connectivity index (χ0n) is 25.6. The third-order valence-electron chi connectivity index (χ3n) is 11.5. The van der Waals surface area contributed by atoms with Crippen LogP contribution in [-0.2, 0) is 24.8 Å². The Balaban J connectivity index is 1.13. The maximum absolute atomic E-state index is 14.5. The summed E-state index contributed by atoms with van der Waals surface area (Å²) in [4.78, 5) is 19.1. The Labute approximate surface area is 257 Å². The first-order valence-electron chi connectivity index (χ1n) is 16.1. The summed E-state index contributed by atoms with van der Waals surface area (Å²) in [5, 5.41) is 10.2. The number of anilines is 1. The quantitative estimate of drug-likeness (QED) is 0.550. The molecule has 11 heteroatoms. The van der Waals surface area contributed by atoms with Crippen molar-refractivity contribution in [3.63, 3.8) is 0 Å². The molecule has 2 aliphatic carbocycles. The van der Waals surface area contributed by atoms with Crippen LogP contribution in [0.1, 0.15) is 62.0 Å². The van der Waals surface area contributed by atoms with E-state index in [1.807, 2.05) is 25.5 Å². The number of nitrogens with two attached hydrogens (primary N) is 1. The van der Waals surface area contributed by atoms with Crippen LogP contribution in [0, 0.1) is 29.1 Å². The molecule has 4 aliphatic heterocycles. The maximum Gasteiger partial charge on any atom is 0.318 e. The van der Waals surface area contributed by atoms with Gasteiger partial charge in [-0.1, -0.05) is 13.0 Å². The van der Waals surface area contributed by atoms with E-state index >= 15 is 0 Å². The van der Waals surface area contributed by atoms with Gasteiger partial charge in [-0.25, -0.2) is 9.37 Å². The molecule has 0 bridgehead atoms. The molecule has 2 aromatic rings. The minimum absolute atomic E-state index is 0.125. The summed E-state index contributed by atoms with van der Waals surface area (Å²) < 4.78 is 29.9. The van der Waals surface area contributed by atoms with Crippen molar-refractivity contribution >= 4 is 5.82 Å². The molecule has 0 aromatic carbocycles. The van der Waals surface area contributed by atoms with E-state index in [1.54, 1.807) is 0 Å². The predicted molar refractivity (Wildman–Crippen MR) is 161 cm³/mol. The number of fused-ring (bicyclic) bond motifs is 4. The molecular formula is C33H41FN8O2. The third kappa shape index (κ3) is 4.28. The van der Waals surface area contributed by atoms with Crippen molar-refractivity contribution in [3.8, 4) is 12.1 Å². The summed E-state index contributed by atoms with van der Waals surface area (Å²) >= 11 is 0. The zero-order chi connectivity index (χ0) is 30.2. The highest BCUT2D eigenvalue weighted by molar-refractivity contribution is 5.54. The lowest BCUT2D eigenvalue weighted by Gasteiger charge is -2.52. The number of hydrogen-bond donors (Lipinski definition) is 1. The minimum Gasteiger partial charge on any atom is -0.461 e. The number of nitrogens with zero attached hydrogens (tertiary/aromatic N) is 7. The number of aryl methyl sites for hydroxylation is 1. The molecule has 3 saturated heterocycles. The van der Waals surface area contributed by atoms with E-state index < -0.39 is 11.8 Å². The van der Waals surface area contributed by atoms with Crippen molar-refractivity contribution in [1.29, 1.82) is 5.26 Å². The molecule has 1 spiro atoms. The zero-order valence-corrected chi connectivity index (χ0v) is 25.6. The number of rotatable bonds is 5. The lowest BCUT2D eigenvalue weighted by molar-refractivity contribution is -0.136. The fraction of sp³-hybridized carbons (Fsp3) is 0.636. The van der Waals surface area contributed by atoms with Gasteiger partial charge < -0.3 is 24.7 Å². The van der Waals surface area contributed by atoms with Gasteiger partial charge in [0.15, 0.2) is 0 Å². The predicted octanol–water partition coefficient (Wildman–Crippen LogP) is 3.55. The lowest BCUT2D eigenvalue weighted by atomic mass is 9.58. The van der Waals surface area contributed by atoms with E-state index in [1.165, 1.54) is 0 Å². The highest BCUT2D eigenvalue weighted by Gasteiger charge is 2.54. The largest absolute Gasteiger partial charge is 0.461 e. The van der Waals surface area contributed by atoms with Gasteiger partial charge in [-0.05, 0) is 50.1 Å². The van der Waals surface area contributed by atoms with Crippen LogP contribution in [0.25, 0.3) is 0 Å². The van der Waals surface area contributed by atoms with E-state index in [0.29, 0.717) is 61.7 Å². The summed E-state index contributed by atoms with van der Waals surface area (Å²) in [5.41, 5.74) is 8.59. The number of ether oxygens (including phenoxy) is 2. The highest BCUT2D eigenvalue weighted by Crippen LogP contribution is 2.53. The number of nitriles is 1. The Kier molecular flexibility index (Phi) is 6.54. The van der Waals surface area contributed by atoms with Gasteiger partial charge in [-0.2, -0.15) is 15.2 Å². The average Bonchev–Trinajstić information content (AvgIpc) is 3.66. The number of allylic oxidation sites excluding steroid dienone is 2. The normalized spacial score (nSPS) is 34.9. The van der Waals surface area contributed by atoms with Crippen LogP contribution in [0.3, 0.4) is 0 Å². The molecule has 6 atom stereocenters. The maximum atomic E-state index is 14.5. The van der Waals surface area contributed by atoms with Crippen molar-refractivity contribution in [2.45, 2.75) is 75.3 Å². The fourth-order valence-electron chi connectivity index (χ4n) is 9.13. The van der Waals surface area contributed by atoms with E-state index in [4.69, 9.17) is 25.2 Å². The molecule has 6 unspecified atom stereocenters. The van der Waals surface area contributed by atoms with Gasteiger partial charge in [0.05, 0.1) is 41.0 Å². The Hall–Kier alpha value is -3.49. The lowest BCUT2D eigenvalue weighted by Crippen LogP contribution is -2.54. The molecule has 0 radical (unpaired) electrons. The van der Waals surface area contributed by atoms with Gasteiger partial charge in [0.1, 0.15) is 24.4 Å². The van der Waals surface area contributed by atoms with Crippen LogP contribution in [0.2, 0.25) is 0 Å². The van der Waals surface area contributed by atoms with E-state index in [0.717, 1.165) is 68.2 Å². The van der Waals surface area contributed by atoms with Gasteiger partial charge >= 0.3 is 6.01 Å². The molecule has 6 heterocycles. The van der Waals surface area contributed by atoms with Crippen LogP contribution >= 0.6 is 0 Å². The first kappa shape index (κ1) is 28.0. The van der Waals surface area contributed by atoms with Crippen molar-refractivity contribution in [3.05, 3.63) is 52.9 Å². The van der Waals surface area contributed by atoms with Gasteiger partial charge in [0.25, 0.3) is 0 Å². The Bertz CT molecular complexity index is 1580. The van der Waals surface area contributed by atoms with E-state index in [2.05, 4.69) is 38.4 Å². The van der Waals surface area contributed by atoms with Crippen LogP contribution in [0.15, 0.2) is 35.8 Å².